The average molecular weight is 639 g/mol. The van der Waals surface area contributed by atoms with Gasteiger partial charge in [-0.2, -0.15) is 0 Å². The molecule has 206 valence electrons. The van der Waals surface area contributed by atoms with Crippen molar-refractivity contribution < 1.29 is 46.9 Å². The van der Waals surface area contributed by atoms with Gasteiger partial charge in [-0.25, -0.2) is 9.37 Å². The molecular weight excluding hydrogens is 602 g/mol. The minimum absolute atomic E-state index is 0. The first kappa shape index (κ1) is 28.7. The van der Waals surface area contributed by atoms with E-state index in [-0.39, 0.29) is 59.9 Å². The van der Waals surface area contributed by atoms with Crippen molar-refractivity contribution in [3.8, 4) is 0 Å². The molecule has 0 N–H and O–H groups in total. The van der Waals surface area contributed by atoms with Crippen molar-refractivity contribution in [2.24, 2.45) is 5.92 Å². The molecule has 38 heavy (non-hydrogen) atoms. The Morgan fingerprint density at radius 2 is 2.03 bits per heavy atom. The summed E-state index contributed by atoms with van der Waals surface area (Å²) in [7, 11) is 0. The zero-order valence-electron chi connectivity index (χ0n) is 22.3. The van der Waals surface area contributed by atoms with Gasteiger partial charge in [0.15, 0.2) is 5.58 Å². The molecule has 0 amide bonds. The molecule has 0 aliphatic carbocycles. The monoisotopic (exact) mass is 638 g/mol. The van der Waals surface area contributed by atoms with Crippen LogP contribution in [0.2, 0.25) is 0 Å². The fourth-order valence-corrected chi connectivity index (χ4v) is 5.77. The van der Waals surface area contributed by atoms with Crippen LogP contribution in [0.5, 0.6) is 0 Å². The smallest absolute Gasteiger partial charge is 0.312 e. The van der Waals surface area contributed by atoms with Gasteiger partial charge in [-0.15, -0.1) is 0 Å². The van der Waals surface area contributed by atoms with Gasteiger partial charge in [-0.05, 0) is 31.9 Å². The number of carbonyl (C=O) groups is 1. The number of likely N-dealkylation sites (tertiary alicyclic amines) is 1. The second-order valence-corrected chi connectivity index (χ2v) is 11.0. The van der Waals surface area contributed by atoms with Gasteiger partial charge in [-0.1, -0.05) is 19.0 Å². The molecule has 2 aliphatic heterocycles. The molecule has 8 nitrogen and oxygen atoms in total. The second kappa shape index (κ2) is 11.8. The number of carbonyl (C=O) groups excluding carboxylic acids is 1. The third-order valence-corrected chi connectivity index (χ3v) is 8.12. The molecule has 0 radical (unpaired) electrons. The van der Waals surface area contributed by atoms with Crippen LogP contribution in [-0.4, -0.2) is 51.5 Å². The first-order valence-corrected chi connectivity index (χ1v) is 13.4. The van der Waals surface area contributed by atoms with Crippen LogP contribution in [-0.2, 0) is 28.9 Å². The van der Waals surface area contributed by atoms with E-state index in [1.165, 1.54) is 12.1 Å². The van der Waals surface area contributed by atoms with Crippen LogP contribution < -0.4 is 29.5 Å². The quantitative estimate of drug-likeness (QED) is 0.220. The van der Waals surface area contributed by atoms with Gasteiger partial charge in [0, 0.05) is 60.9 Å². The van der Waals surface area contributed by atoms with E-state index in [0.29, 0.717) is 23.0 Å². The van der Waals surface area contributed by atoms with E-state index in [1.807, 2.05) is 25.3 Å². The highest BCUT2D eigenvalue weighted by Crippen LogP contribution is 2.35. The molecule has 10 heteroatoms. The maximum atomic E-state index is 13.6. The van der Waals surface area contributed by atoms with Crippen LogP contribution in [0.15, 0.2) is 27.5 Å². The first-order chi connectivity index (χ1) is 17.8. The maximum absolute atomic E-state index is 13.6. The van der Waals surface area contributed by atoms with Crippen LogP contribution >= 0.6 is 0 Å². The van der Waals surface area contributed by atoms with Crippen molar-refractivity contribution in [2.75, 3.05) is 26.4 Å². The predicted molar refractivity (Wildman–Crippen MR) is 136 cm³/mol. The van der Waals surface area contributed by atoms with Crippen LogP contribution in [0.4, 0.5) is 4.39 Å². The highest BCUT2D eigenvalue weighted by Gasteiger charge is 2.37. The summed E-state index contributed by atoms with van der Waals surface area (Å²) >= 11 is 0. The Kier molecular flexibility index (Phi) is 8.91. The van der Waals surface area contributed by atoms with Crippen LogP contribution in [0.25, 0.3) is 11.0 Å². The highest BCUT2D eigenvalue weighted by molar-refractivity contribution is 5.79. The molecule has 5 rings (SSSR count). The van der Waals surface area contributed by atoms with Crippen molar-refractivity contribution in [1.82, 2.24) is 14.7 Å². The van der Waals surface area contributed by atoms with Gasteiger partial charge in [0.1, 0.15) is 11.6 Å². The fourth-order valence-electron chi connectivity index (χ4n) is 5.77. The summed E-state index contributed by atoms with van der Waals surface area (Å²) in [5.41, 5.74) is 2.98. The molecule has 2 aliphatic rings. The third-order valence-electron chi connectivity index (χ3n) is 8.12. The predicted octanol–water partition coefficient (Wildman–Crippen LogP) is 1.27. The van der Waals surface area contributed by atoms with Crippen LogP contribution in [0, 0.1) is 18.7 Å². The second-order valence-electron chi connectivity index (χ2n) is 11.0. The standard InChI is InChI=1S/C28H36FN4O4.HI/c1-18(2)28(35)36-17-33(15-11-22-19(3)30-25-6-4-5-12-32(25)27(22)34)13-9-20(10-14-33)26-23-8-7-21(29)16-24(23)37-31-26;/h7-8,16,18,20H,4-6,9-15,17H2,1-3H3;1H/q+1;/p-1. The number of fused-ring (bicyclic) bond motifs is 2. The molecule has 0 spiro atoms. The molecule has 0 unspecified atom stereocenters. The van der Waals surface area contributed by atoms with Gasteiger partial charge in [0.25, 0.3) is 5.56 Å². The van der Waals surface area contributed by atoms with Gasteiger partial charge in [0.05, 0.1) is 31.2 Å². The number of rotatable bonds is 7. The van der Waals surface area contributed by atoms with Crippen molar-refractivity contribution in [2.45, 2.75) is 71.8 Å². The number of aromatic nitrogens is 3. The molecule has 1 fully saturated rings. The topological polar surface area (TPSA) is 87.2 Å². The first-order valence-electron chi connectivity index (χ1n) is 13.4. The summed E-state index contributed by atoms with van der Waals surface area (Å²) < 4.78 is 27.2. The molecule has 1 aromatic carbocycles. The minimum atomic E-state index is -0.343. The minimum Gasteiger partial charge on any atom is -1.00 e. The molecule has 2 aromatic heterocycles. The molecule has 0 bridgehead atoms. The number of ether oxygens (including phenoxy) is 1. The summed E-state index contributed by atoms with van der Waals surface area (Å²) in [6, 6.07) is 4.54. The lowest BCUT2D eigenvalue weighted by molar-refractivity contribution is -0.948. The third kappa shape index (κ3) is 5.80. The van der Waals surface area contributed by atoms with E-state index in [0.717, 1.165) is 79.9 Å². The number of benzene rings is 1. The van der Waals surface area contributed by atoms with Crippen molar-refractivity contribution >= 4 is 16.9 Å². The SMILES string of the molecule is Cc1nc2n(c(=O)c1CC[N+]1(COC(=O)C(C)C)CCC(c3noc4cc(F)ccc34)CC1)CCCC2.[I-]. The Balaban J connectivity index is 0.00000336. The van der Waals surface area contributed by atoms with Gasteiger partial charge in [0.2, 0.25) is 6.73 Å². The molecule has 0 saturated carbocycles. The number of nitrogens with zero attached hydrogens (tertiary/aromatic N) is 4. The molecular formula is C28H36FIN4O4. The Labute approximate surface area is 239 Å². The Bertz CT molecular complexity index is 1360. The van der Waals surface area contributed by atoms with Crippen molar-refractivity contribution in [1.29, 1.82) is 0 Å². The Hall–Kier alpha value is -2.34. The molecule has 1 saturated heterocycles. The summed E-state index contributed by atoms with van der Waals surface area (Å²) in [6.45, 7) is 8.88. The number of hydrogen-bond donors (Lipinski definition) is 0. The average Bonchev–Trinajstić information content (AvgIpc) is 3.30. The van der Waals surface area contributed by atoms with E-state index < -0.39 is 0 Å². The number of esters is 1. The zero-order valence-corrected chi connectivity index (χ0v) is 24.5. The fraction of sp³-hybridized carbons (Fsp3) is 0.571. The van der Waals surface area contributed by atoms with E-state index in [1.54, 1.807) is 6.07 Å². The van der Waals surface area contributed by atoms with Gasteiger partial charge in [-0.3, -0.25) is 18.6 Å². The van der Waals surface area contributed by atoms with Gasteiger partial charge >= 0.3 is 5.97 Å². The number of halogens is 2. The summed E-state index contributed by atoms with van der Waals surface area (Å²) in [4.78, 5) is 30.4. The highest BCUT2D eigenvalue weighted by atomic mass is 127. The number of hydrogen-bond acceptors (Lipinski definition) is 6. The van der Waals surface area contributed by atoms with E-state index >= 15 is 0 Å². The lowest BCUT2D eigenvalue weighted by atomic mass is 9.90. The largest absolute Gasteiger partial charge is 1.00 e. The van der Waals surface area contributed by atoms with E-state index in [4.69, 9.17) is 14.2 Å². The number of piperidine rings is 1. The maximum Gasteiger partial charge on any atom is 0.312 e. The van der Waals surface area contributed by atoms with Crippen molar-refractivity contribution in [3.05, 3.63) is 57.1 Å². The Morgan fingerprint density at radius 3 is 2.76 bits per heavy atom. The molecule has 0 atom stereocenters. The normalized spacial score (nSPS) is 21.2. The van der Waals surface area contributed by atoms with Crippen LogP contribution in [0.1, 0.15) is 68.2 Å². The van der Waals surface area contributed by atoms with Crippen LogP contribution in [0.3, 0.4) is 0 Å². The lowest BCUT2D eigenvalue weighted by Gasteiger charge is -2.42. The van der Waals surface area contributed by atoms with E-state index in [9.17, 15) is 14.0 Å². The van der Waals surface area contributed by atoms with Gasteiger partial charge < -0.3 is 33.2 Å². The van der Waals surface area contributed by atoms with Crippen molar-refractivity contribution in [3.63, 3.8) is 0 Å². The lowest BCUT2D eigenvalue weighted by Crippen LogP contribution is -3.00. The molecule has 4 heterocycles. The summed E-state index contributed by atoms with van der Waals surface area (Å²) in [5.74, 6) is 0.320. The summed E-state index contributed by atoms with van der Waals surface area (Å²) in [6.07, 6.45) is 5.19. The summed E-state index contributed by atoms with van der Waals surface area (Å²) in [5, 5.41) is 5.13. The molecule has 3 aromatic rings. The number of quaternary nitrogens is 1. The Morgan fingerprint density at radius 1 is 1.26 bits per heavy atom. The van der Waals surface area contributed by atoms with E-state index in [2.05, 4.69) is 5.16 Å². The number of aryl methyl sites for hydroxylation is 2. The zero-order chi connectivity index (χ0) is 26.2.